The summed E-state index contributed by atoms with van der Waals surface area (Å²) in [6, 6.07) is 11.5. The molecule has 2 aromatic heterocycles. The number of furan rings is 1. The van der Waals surface area contributed by atoms with Gasteiger partial charge in [-0.05, 0) is 30.0 Å². The highest BCUT2D eigenvalue weighted by molar-refractivity contribution is 7.99. The van der Waals surface area contributed by atoms with Crippen LogP contribution in [0, 0.1) is 0 Å². The second-order valence-electron chi connectivity index (χ2n) is 7.07. The molecule has 5 nitrogen and oxygen atoms in total. The minimum absolute atomic E-state index is 0.0795. The summed E-state index contributed by atoms with van der Waals surface area (Å²) >= 11 is 1.40. The molecule has 3 rings (SSSR count). The molecule has 0 unspecified atom stereocenters. The van der Waals surface area contributed by atoms with Gasteiger partial charge in [-0.2, -0.15) is 0 Å². The first kappa shape index (κ1) is 18.5. The SMILES string of the molecule is CCn1c(SCC(=O)c2ccc(C(C)(C)C)cc2)nnc1-c1ccco1. The van der Waals surface area contributed by atoms with Gasteiger partial charge in [0.1, 0.15) is 0 Å². The Morgan fingerprint density at radius 1 is 1.15 bits per heavy atom. The van der Waals surface area contributed by atoms with Crippen LogP contribution in [0.25, 0.3) is 11.6 Å². The summed E-state index contributed by atoms with van der Waals surface area (Å²) in [6.07, 6.45) is 1.61. The largest absolute Gasteiger partial charge is 0.461 e. The normalized spacial score (nSPS) is 11.7. The molecule has 26 heavy (non-hydrogen) atoms. The van der Waals surface area contributed by atoms with Crippen LogP contribution >= 0.6 is 11.8 Å². The number of hydrogen-bond acceptors (Lipinski definition) is 5. The van der Waals surface area contributed by atoms with Crippen molar-refractivity contribution in [3.8, 4) is 11.6 Å². The van der Waals surface area contributed by atoms with E-state index in [1.807, 2.05) is 47.9 Å². The van der Waals surface area contributed by atoms with E-state index in [0.717, 1.165) is 10.7 Å². The maximum absolute atomic E-state index is 12.5. The van der Waals surface area contributed by atoms with Crippen LogP contribution in [-0.2, 0) is 12.0 Å². The minimum atomic E-state index is 0.0795. The van der Waals surface area contributed by atoms with Crippen molar-refractivity contribution in [3.63, 3.8) is 0 Å². The molecule has 0 fully saturated rings. The van der Waals surface area contributed by atoms with Gasteiger partial charge in [-0.25, -0.2) is 0 Å². The van der Waals surface area contributed by atoms with Gasteiger partial charge in [0.25, 0.3) is 0 Å². The van der Waals surface area contributed by atoms with Crippen LogP contribution in [0.5, 0.6) is 0 Å². The van der Waals surface area contributed by atoms with Gasteiger partial charge < -0.3 is 4.42 Å². The van der Waals surface area contributed by atoms with Gasteiger partial charge in [0.2, 0.25) is 0 Å². The van der Waals surface area contributed by atoms with Gasteiger partial charge >= 0.3 is 0 Å². The molecule has 0 amide bonds. The van der Waals surface area contributed by atoms with Gasteiger partial charge in [0.15, 0.2) is 22.5 Å². The van der Waals surface area contributed by atoms with Crippen LogP contribution in [0.4, 0.5) is 0 Å². The van der Waals surface area contributed by atoms with Crippen molar-refractivity contribution in [2.75, 3.05) is 5.75 Å². The molecule has 1 aromatic carbocycles. The van der Waals surface area contributed by atoms with E-state index in [9.17, 15) is 4.79 Å². The van der Waals surface area contributed by atoms with Crippen LogP contribution in [0.3, 0.4) is 0 Å². The van der Waals surface area contributed by atoms with Gasteiger partial charge in [0, 0.05) is 12.1 Å². The lowest BCUT2D eigenvalue weighted by molar-refractivity contribution is 0.102. The maximum atomic E-state index is 12.5. The number of carbonyl (C=O) groups excluding carboxylic acids is 1. The van der Waals surface area contributed by atoms with Crippen molar-refractivity contribution in [1.82, 2.24) is 14.8 Å². The molecular weight excluding hydrogens is 346 g/mol. The van der Waals surface area contributed by atoms with Crippen LogP contribution < -0.4 is 0 Å². The molecule has 0 aliphatic heterocycles. The highest BCUT2D eigenvalue weighted by Gasteiger charge is 2.17. The van der Waals surface area contributed by atoms with Crippen molar-refractivity contribution in [3.05, 3.63) is 53.8 Å². The quantitative estimate of drug-likeness (QED) is 0.460. The minimum Gasteiger partial charge on any atom is -0.461 e. The second-order valence-corrected chi connectivity index (χ2v) is 8.01. The van der Waals surface area contributed by atoms with Crippen molar-refractivity contribution >= 4 is 17.5 Å². The third-order valence-corrected chi connectivity index (χ3v) is 5.15. The first-order valence-corrected chi connectivity index (χ1v) is 9.62. The molecule has 0 spiro atoms. The first-order chi connectivity index (χ1) is 12.4. The summed E-state index contributed by atoms with van der Waals surface area (Å²) in [6.45, 7) is 9.21. The molecule has 0 saturated carbocycles. The van der Waals surface area contributed by atoms with Crippen LogP contribution in [-0.4, -0.2) is 26.3 Å². The van der Waals surface area contributed by atoms with Crippen molar-refractivity contribution in [2.24, 2.45) is 0 Å². The van der Waals surface area contributed by atoms with Gasteiger partial charge in [0.05, 0.1) is 12.0 Å². The van der Waals surface area contributed by atoms with Gasteiger partial charge in [-0.15, -0.1) is 10.2 Å². The van der Waals surface area contributed by atoms with E-state index in [4.69, 9.17) is 4.42 Å². The molecule has 0 saturated heterocycles. The highest BCUT2D eigenvalue weighted by atomic mass is 32.2. The number of nitrogens with zero attached hydrogens (tertiary/aromatic N) is 3. The molecule has 0 aliphatic rings. The summed E-state index contributed by atoms with van der Waals surface area (Å²) in [5.41, 5.74) is 2.02. The number of carbonyl (C=O) groups is 1. The summed E-state index contributed by atoms with van der Waals surface area (Å²) in [7, 11) is 0. The molecular formula is C20H23N3O2S. The van der Waals surface area contributed by atoms with Gasteiger partial charge in [-0.1, -0.05) is 56.8 Å². The second kappa shape index (κ2) is 7.50. The zero-order valence-corrected chi connectivity index (χ0v) is 16.3. The Morgan fingerprint density at radius 2 is 1.88 bits per heavy atom. The van der Waals surface area contributed by atoms with Gasteiger partial charge in [-0.3, -0.25) is 9.36 Å². The Hall–Kier alpha value is -2.34. The lowest BCUT2D eigenvalue weighted by Crippen LogP contribution is -2.11. The molecule has 0 N–H and O–H groups in total. The van der Waals surface area contributed by atoms with Crippen LogP contribution in [0.15, 0.2) is 52.2 Å². The smallest absolute Gasteiger partial charge is 0.200 e. The van der Waals surface area contributed by atoms with Crippen molar-refractivity contribution in [1.29, 1.82) is 0 Å². The van der Waals surface area contributed by atoms with E-state index in [2.05, 4.69) is 31.0 Å². The van der Waals surface area contributed by atoms with E-state index in [0.29, 0.717) is 23.9 Å². The lowest BCUT2D eigenvalue weighted by atomic mass is 9.86. The van der Waals surface area contributed by atoms with E-state index in [1.54, 1.807) is 6.26 Å². The Balaban J connectivity index is 1.70. The van der Waals surface area contributed by atoms with E-state index in [-0.39, 0.29) is 11.2 Å². The maximum Gasteiger partial charge on any atom is 0.200 e. The van der Waals surface area contributed by atoms with Crippen molar-refractivity contribution in [2.45, 2.75) is 44.8 Å². The summed E-state index contributed by atoms with van der Waals surface area (Å²) < 4.78 is 7.37. The molecule has 3 aromatic rings. The molecule has 0 bridgehead atoms. The summed E-state index contributed by atoms with van der Waals surface area (Å²) in [5, 5.41) is 9.15. The molecule has 136 valence electrons. The predicted octanol–water partition coefficient (Wildman–Crippen LogP) is 4.83. The molecule has 0 radical (unpaired) electrons. The number of ketones is 1. The fraction of sp³-hybridized carbons (Fsp3) is 0.350. The zero-order chi connectivity index (χ0) is 18.7. The summed E-state index contributed by atoms with van der Waals surface area (Å²) in [5.74, 6) is 1.77. The lowest BCUT2D eigenvalue weighted by Gasteiger charge is -2.18. The summed E-state index contributed by atoms with van der Waals surface area (Å²) in [4.78, 5) is 12.5. The topological polar surface area (TPSA) is 60.9 Å². The van der Waals surface area contributed by atoms with Crippen molar-refractivity contribution < 1.29 is 9.21 Å². The molecule has 0 aliphatic carbocycles. The fourth-order valence-corrected chi connectivity index (χ4v) is 3.53. The Labute approximate surface area is 157 Å². The Morgan fingerprint density at radius 3 is 2.46 bits per heavy atom. The standard InChI is InChI=1S/C20H23N3O2S/c1-5-23-18(17-7-6-12-25-17)21-22-19(23)26-13-16(24)14-8-10-15(11-9-14)20(2,3)4/h6-12H,5,13H2,1-4H3. The number of aromatic nitrogens is 3. The average molecular weight is 369 g/mol. The monoisotopic (exact) mass is 369 g/mol. The van der Waals surface area contributed by atoms with E-state index >= 15 is 0 Å². The highest BCUT2D eigenvalue weighted by Crippen LogP contribution is 2.26. The van der Waals surface area contributed by atoms with E-state index < -0.39 is 0 Å². The number of thioether (sulfide) groups is 1. The molecule has 6 heteroatoms. The number of rotatable bonds is 6. The third kappa shape index (κ3) is 3.90. The Kier molecular flexibility index (Phi) is 5.32. The third-order valence-electron chi connectivity index (χ3n) is 4.18. The number of benzene rings is 1. The Bertz CT molecular complexity index is 875. The van der Waals surface area contributed by atoms with Crippen LogP contribution in [0.2, 0.25) is 0 Å². The molecule has 2 heterocycles. The zero-order valence-electron chi connectivity index (χ0n) is 15.5. The van der Waals surface area contributed by atoms with E-state index in [1.165, 1.54) is 17.3 Å². The first-order valence-electron chi connectivity index (χ1n) is 8.63. The average Bonchev–Trinajstić information content (AvgIpc) is 3.27. The predicted molar refractivity (Wildman–Crippen MR) is 104 cm³/mol. The van der Waals surface area contributed by atoms with Crippen LogP contribution in [0.1, 0.15) is 43.6 Å². The molecule has 0 atom stereocenters. The fourth-order valence-electron chi connectivity index (χ4n) is 2.64. The number of hydrogen-bond donors (Lipinski definition) is 0. The number of Topliss-reactive ketones (excluding diaryl/α,β-unsaturated/α-hetero) is 1.